The van der Waals surface area contributed by atoms with Gasteiger partial charge >= 0.3 is 12.1 Å². The number of ether oxygens (including phenoxy) is 1. The SMILES string of the molecule is CCOC(=O)c1csc(NC(=O)c2ccc(C(F)(F)F)nc2)n1. The third kappa shape index (κ3) is 4.25. The van der Waals surface area contributed by atoms with Gasteiger partial charge in [0.15, 0.2) is 10.8 Å². The molecule has 122 valence electrons. The van der Waals surface area contributed by atoms with Crippen LogP contribution >= 0.6 is 11.3 Å². The van der Waals surface area contributed by atoms with E-state index in [1.165, 1.54) is 5.38 Å². The second kappa shape index (κ2) is 6.73. The fourth-order valence-corrected chi connectivity index (χ4v) is 2.17. The van der Waals surface area contributed by atoms with E-state index in [1.807, 2.05) is 0 Å². The topological polar surface area (TPSA) is 81.2 Å². The second-order valence-electron chi connectivity index (χ2n) is 4.14. The zero-order valence-corrected chi connectivity index (χ0v) is 12.5. The number of nitrogens with zero attached hydrogens (tertiary/aromatic N) is 2. The van der Waals surface area contributed by atoms with Crippen molar-refractivity contribution in [3.8, 4) is 0 Å². The molecule has 6 nitrogen and oxygen atoms in total. The van der Waals surface area contributed by atoms with Crippen molar-refractivity contribution in [2.75, 3.05) is 11.9 Å². The van der Waals surface area contributed by atoms with E-state index in [1.54, 1.807) is 6.92 Å². The monoisotopic (exact) mass is 345 g/mol. The Kier molecular flexibility index (Phi) is 4.94. The summed E-state index contributed by atoms with van der Waals surface area (Å²) in [7, 11) is 0. The number of carbonyl (C=O) groups is 2. The first-order valence-corrected chi connectivity index (χ1v) is 7.16. The first-order valence-electron chi connectivity index (χ1n) is 6.28. The Bertz CT molecular complexity index is 713. The zero-order valence-electron chi connectivity index (χ0n) is 11.7. The maximum Gasteiger partial charge on any atom is 0.433 e. The summed E-state index contributed by atoms with van der Waals surface area (Å²) in [6.45, 7) is 1.83. The fraction of sp³-hybridized carbons (Fsp3) is 0.231. The Labute approximate surface area is 132 Å². The summed E-state index contributed by atoms with van der Waals surface area (Å²) >= 11 is 0.990. The Morgan fingerprint density at radius 2 is 2.09 bits per heavy atom. The van der Waals surface area contributed by atoms with Crippen LogP contribution < -0.4 is 5.32 Å². The van der Waals surface area contributed by atoms with E-state index < -0.39 is 23.7 Å². The van der Waals surface area contributed by atoms with Crippen molar-refractivity contribution < 1.29 is 27.5 Å². The van der Waals surface area contributed by atoms with Crippen LogP contribution in [0.1, 0.15) is 33.5 Å². The van der Waals surface area contributed by atoms with Crippen molar-refractivity contribution in [3.63, 3.8) is 0 Å². The Morgan fingerprint density at radius 1 is 1.35 bits per heavy atom. The lowest BCUT2D eigenvalue weighted by molar-refractivity contribution is -0.141. The van der Waals surface area contributed by atoms with Crippen molar-refractivity contribution in [3.05, 3.63) is 40.7 Å². The number of hydrogen-bond donors (Lipinski definition) is 1. The van der Waals surface area contributed by atoms with E-state index in [0.717, 1.165) is 23.6 Å². The molecule has 0 aliphatic rings. The molecule has 0 fully saturated rings. The summed E-state index contributed by atoms with van der Waals surface area (Å²) in [6.07, 6.45) is -3.75. The summed E-state index contributed by atoms with van der Waals surface area (Å²) < 4.78 is 41.9. The molecule has 0 unspecified atom stereocenters. The smallest absolute Gasteiger partial charge is 0.433 e. The predicted molar refractivity (Wildman–Crippen MR) is 75.3 cm³/mol. The predicted octanol–water partition coefficient (Wildman–Crippen LogP) is 2.99. The van der Waals surface area contributed by atoms with Gasteiger partial charge in [0, 0.05) is 11.6 Å². The van der Waals surface area contributed by atoms with Crippen LogP contribution in [-0.2, 0) is 10.9 Å². The molecule has 2 aromatic rings. The molecule has 10 heteroatoms. The first kappa shape index (κ1) is 16.9. The lowest BCUT2D eigenvalue weighted by Gasteiger charge is -2.06. The molecule has 0 atom stereocenters. The highest BCUT2D eigenvalue weighted by Gasteiger charge is 2.32. The molecule has 0 aliphatic heterocycles. The minimum absolute atomic E-state index is 0.0395. The molecule has 23 heavy (non-hydrogen) atoms. The van der Waals surface area contributed by atoms with Gasteiger partial charge in [0.05, 0.1) is 12.2 Å². The molecular formula is C13H10F3N3O3S. The van der Waals surface area contributed by atoms with Crippen LogP contribution in [0, 0.1) is 0 Å². The molecule has 0 aliphatic carbocycles. The molecule has 2 rings (SSSR count). The largest absolute Gasteiger partial charge is 0.461 e. The molecule has 1 N–H and O–H groups in total. The van der Waals surface area contributed by atoms with Crippen LogP contribution in [0.4, 0.5) is 18.3 Å². The van der Waals surface area contributed by atoms with Gasteiger partial charge in [-0.3, -0.25) is 15.1 Å². The Balaban J connectivity index is 2.06. The van der Waals surface area contributed by atoms with E-state index in [2.05, 4.69) is 15.3 Å². The molecule has 2 aromatic heterocycles. The number of alkyl halides is 3. The third-order valence-electron chi connectivity index (χ3n) is 2.53. The molecule has 2 heterocycles. The maximum atomic E-state index is 12.4. The fourth-order valence-electron chi connectivity index (χ4n) is 1.50. The molecule has 1 amide bonds. The number of aromatic nitrogens is 2. The Morgan fingerprint density at radius 3 is 2.65 bits per heavy atom. The average molecular weight is 345 g/mol. The third-order valence-corrected chi connectivity index (χ3v) is 3.28. The summed E-state index contributed by atoms with van der Waals surface area (Å²) in [5, 5.41) is 3.90. The number of amides is 1. The van der Waals surface area contributed by atoms with Crippen molar-refractivity contribution >= 4 is 28.3 Å². The molecule has 0 saturated carbocycles. The van der Waals surface area contributed by atoms with E-state index >= 15 is 0 Å². The van der Waals surface area contributed by atoms with Gasteiger partial charge in [0.1, 0.15) is 5.69 Å². The van der Waals surface area contributed by atoms with Crippen molar-refractivity contribution in [2.45, 2.75) is 13.1 Å². The molecule has 0 spiro atoms. The van der Waals surface area contributed by atoms with Gasteiger partial charge in [-0.15, -0.1) is 11.3 Å². The molecule has 0 radical (unpaired) electrons. The lowest BCUT2D eigenvalue weighted by Crippen LogP contribution is -2.14. The molecule has 0 saturated heterocycles. The van der Waals surface area contributed by atoms with E-state index in [0.29, 0.717) is 6.07 Å². The van der Waals surface area contributed by atoms with Crippen LogP contribution in [0.2, 0.25) is 0 Å². The normalized spacial score (nSPS) is 11.1. The van der Waals surface area contributed by atoms with E-state index in [4.69, 9.17) is 4.74 Å². The number of hydrogen-bond acceptors (Lipinski definition) is 6. The van der Waals surface area contributed by atoms with Crippen LogP contribution in [0.25, 0.3) is 0 Å². The van der Waals surface area contributed by atoms with Gasteiger partial charge < -0.3 is 4.74 Å². The van der Waals surface area contributed by atoms with Crippen molar-refractivity contribution in [1.29, 1.82) is 0 Å². The van der Waals surface area contributed by atoms with Gasteiger partial charge in [0.2, 0.25) is 0 Å². The number of esters is 1. The lowest BCUT2D eigenvalue weighted by atomic mass is 10.2. The minimum Gasteiger partial charge on any atom is -0.461 e. The molecule has 0 aromatic carbocycles. The summed E-state index contributed by atoms with van der Waals surface area (Å²) in [6, 6.07) is 1.71. The second-order valence-corrected chi connectivity index (χ2v) is 5.00. The van der Waals surface area contributed by atoms with Crippen LogP contribution in [0.5, 0.6) is 0 Å². The summed E-state index contributed by atoms with van der Waals surface area (Å²) in [4.78, 5) is 30.4. The maximum absolute atomic E-state index is 12.4. The van der Waals surface area contributed by atoms with Gasteiger partial charge in [-0.2, -0.15) is 13.2 Å². The standard InChI is InChI=1S/C13H10F3N3O3S/c1-2-22-11(21)8-6-23-12(18-8)19-10(20)7-3-4-9(17-5-7)13(14,15)16/h3-6H,2H2,1H3,(H,18,19,20). The highest BCUT2D eigenvalue weighted by atomic mass is 32.1. The van der Waals surface area contributed by atoms with Crippen molar-refractivity contribution in [1.82, 2.24) is 9.97 Å². The molecular weight excluding hydrogens is 335 g/mol. The average Bonchev–Trinajstić information content (AvgIpc) is 2.95. The highest BCUT2D eigenvalue weighted by molar-refractivity contribution is 7.14. The Hall–Kier alpha value is -2.49. The van der Waals surface area contributed by atoms with Gasteiger partial charge in [-0.25, -0.2) is 9.78 Å². The number of thiazole rings is 1. The number of pyridine rings is 1. The van der Waals surface area contributed by atoms with Gasteiger partial charge in [0.25, 0.3) is 5.91 Å². The number of halogens is 3. The number of carbonyl (C=O) groups excluding carboxylic acids is 2. The van der Waals surface area contributed by atoms with Crippen LogP contribution in [0.15, 0.2) is 23.7 Å². The van der Waals surface area contributed by atoms with Crippen LogP contribution in [-0.4, -0.2) is 28.5 Å². The quantitative estimate of drug-likeness (QED) is 0.862. The summed E-state index contributed by atoms with van der Waals surface area (Å²) in [5.41, 5.74) is -1.11. The zero-order chi connectivity index (χ0) is 17.0. The van der Waals surface area contributed by atoms with Gasteiger partial charge in [-0.1, -0.05) is 0 Å². The minimum atomic E-state index is -4.57. The highest BCUT2D eigenvalue weighted by Crippen LogP contribution is 2.27. The summed E-state index contributed by atoms with van der Waals surface area (Å²) in [5.74, 6) is -1.31. The van der Waals surface area contributed by atoms with Crippen molar-refractivity contribution in [2.24, 2.45) is 0 Å². The number of rotatable bonds is 4. The number of nitrogens with one attached hydrogen (secondary N) is 1. The first-order chi connectivity index (χ1) is 10.8. The van der Waals surface area contributed by atoms with Gasteiger partial charge in [-0.05, 0) is 19.1 Å². The van der Waals surface area contributed by atoms with E-state index in [-0.39, 0.29) is 23.0 Å². The molecule has 0 bridgehead atoms. The van der Waals surface area contributed by atoms with E-state index in [9.17, 15) is 22.8 Å². The number of anilines is 1. The van der Waals surface area contributed by atoms with Crippen LogP contribution in [0.3, 0.4) is 0 Å².